The average Bonchev–Trinajstić information content (AvgIpc) is 2.60. The minimum atomic E-state index is -3.93. The van der Waals surface area contributed by atoms with Crippen LogP contribution in [-0.4, -0.2) is 53.0 Å². The summed E-state index contributed by atoms with van der Waals surface area (Å²) in [4.78, 5) is 14.4. The average molecular weight is 410 g/mol. The summed E-state index contributed by atoms with van der Waals surface area (Å²) in [7, 11) is -0.127. The number of halogens is 1. The summed E-state index contributed by atoms with van der Waals surface area (Å²) in [6, 6.07) is 13.0. The molecule has 0 unspecified atom stereocenters. The van der Waals surface area contributed by atoms with E-state index in [-0.39, 0.29) is 17.3 Å². The number of nitrogens with zero attached hydrogens (tertiary/aromatic N) is 2. The number of para-hydroxylation sites is 1. The molecular formula is C19H24ClN3O3S. The highest BCUT2D eigenvalue weighted by Crippen LogP contribution is 2.27. The number of hydrogen-bond acceptors (Lipinski definition) is 4. The molecule has 6 nitrogen and oxygen atoms in total. The zero-order chi connectivity index (χ0) is 20.0. The molecule has 2 rings (SSSR count). The molecule has 0 fully saturated rings. The van der Waals surface area contributed by atoms with Gasteiger partial charge in [0.15, 0.2) is 0 Å². The summed E-state index contributed by atoms with van der Waals surface area (Å²) in [5.41, 5.74) is 1.23. The number of hydrogen-bond donors (Lipinski definition) is 1. The molecule has 8 heteroatoms. The SMILES string of the molecule is Cc1ccccc1N(CC(=O)NCCN(C)C)S(=O)(=O)c1ccc(Cl)cc1. The van der Waals surface area contributed by atoms with Crippen molar-refractivity contribution >= 4 is 33.2 Å². The van der Waals surface area contributed by atoms with Crippen LogP contribution in [0.5, 0.6) is 0 Å². The van der Waals surface area contributed by atoms with Crippen LogP contribution in [0.3, 0.4) is 0 Å². The molecule has 0 radical (unpaired) electrons. The standard InChI is InChI=1S/C19H24ClN3O3S/c1-15-6-4-5-7-18(15)23(14-19(24)21-12-13-22(2)3)27(25,26)17-10-8-16(20)9-11-17/h4-11H,12-14H2,1-3H3,(H,21,24). The summed E-state index contributed by atoms with van der Waals surface area (Å²) in [5.74, 6) is -0.363. The zero-order valence-corrected chi connectivity index (χ0v) is 17.2. The largest absolute Gasteiger partial charge is 0.353 e. The fourth-order valence-corrected chi connectivity index (χ4v) is 4.09. The van der Waals surface area contributed by atoms with E-state index in [0.29, 0.717) is 23.8 Å². The first-order valence-electron chi connectivity index (χ1n) is 8.47. The van der Waals surface area contributed by atoms with Gasteiger partial charge in [-0.05, 0) is 56.9 Å². The Morgan fingerprint density at radius 3 is 2.30 bits per heavy atom. The number of benzene rings is 2. The molecule has 0 aliphatic heterocycles. The number of carbonyl (C=O) groups is 1. The summed E-state index contributed by atoms with van der Waals surface area (Å²) < 4.78 is 27.6. The zero-order valence-electron chi connectivity index (χ0n) is 15.6. The van der Waals surface area contributed by atoms with E-state index in [1.807, 2.05) is 38.1 Å². The molecule has 0 aromatic heterocycles. The van der Waals surface area contributed by atoms with E-state index in [1.165, 1.54) is 24.3 Å². The second-order valence-corrected chi connectivity index (χ2v) is 8.70. The highest BCUT2D eigenvalue weighted by atomic mass is 35.5. The molecule has 0 spiro atoms. The normalized spacial score (nSPS) is 11.4. The van der Waals surface area contributed by atoms with E-state index in [0.717, 1.165) is 9.87 Å². The number of sulfonamides is 1. The van der Waals surface area contributed by atoms with Gasteiger partial charge in [-0.25, -0.2) is 8.42 Å². The van der Waals surface area contributed by atoms with Gasteiger partial charge in [0.2, 0.25) is 5.91 Å². The van der Waals surface area contributed by atoms with E-state index >= 15 is 0 Å². The van der Waals surface area contributed by atoms with Gasteiger partial charge in [-0.1, -0.05) is 29.8 Å². The van der Waals surface area contributed by atoms with Gasteiger partial charge in [0.1, 0.15) is 6.54 Å². The lowest BCUT2D eigenvalue weighted by Crippen LogP contribution is -2.42. The van der Waals surface area contributed by atoms with Crippen molar-refractivity contribution in [1.29, 1.82) is 0 Å². The maximum atomic E-state index is 13.2. The number of rotatable bonds is 8. The fraction of sp³-hybridized carbons (Fsp3) is 0.316. The Hall–Kier alpha value is -2.09. The van der Waals surface area contributed by atoms with Crippen LogP contribution in [0.25, 0.3) is 0 Å². The second kappa shape index (κ2) is 9.21. The van der Waals surface area contributed by atoms with Crippen LogP contribution in [0.4, 0.5) is 5.69 Å². The minimum absolute atomic E-state index is 0.0799. The Morgan fingerprint density at radius 1 is 1.07 bits per heavy atom. The van der Waals surface area contributed by atoms with Crippen molar-refractivity contribution in [1.82, 2.24) is 10.2 Å². The Bertz CT molecular complexity index is 883. The van der Waals surface area contributed by atoms with Gasteiger partial charge in [-0.3, -0.25) is 9.10 Å². The van der Waals surface area contributed by atoms with Crippen molar-refractivity contribution in [3.63, 3.8) is 0 Å². The van der Waals surface area contributed by atoms with Gasteiger partial charge in [0, 0.05) is 18.1 Å². The Balaban J connectivity index is 2.34. The quantitative estimate of drug-likeness (QED) is 0.727. The molecule has 2 aromatic rings. The molecule has 0 aliphatic carbocycles. The van der Waals surface area contributed by atoms with E-state index in [1.54, 1.807) is 12.1 Å². The lowest BCUT2D eigenvalue weighted by molar-refractivity contribution is -0.119. The van der Waals surface area contributed by atoms with E-state index in [2.05, 4.69) is 5.32 Å². The Kier molecular flexibility index (Phi) is 7.24. The summed E-state index contributed by atoms with van der Waals surface area (Å²) in [6.07, 6.45) is 0. The lowest BCUT2D eigenvalue weighted by Gasteiger charge is -2.25. The van der Waals surface area contributed by atoms with Crippen LogP contribution >= 0.6 is 11.6 Å². The van der Waals surface area contributed by atoms with Crippen LogP contribution in [0.15, 0.2) is 53.4 Å². The lowest BCUT2D eigenvalue weighted by atomic mass is 10.2. The van der Waals surface area contributed by atoms with Crippen molar-refractivity contribution in [2.45, 2.75) is 11.8 Å². The molecule has 0 heterocycles. The molecule has 0 atom stereocenters. The van der Waals surface area contributed by atoms with Gasteiger partial charge in [-0.15, -0.1) is 0 Å². The van der Waals surface area contributed by atoms with Crippen molar-refractivity contribution in [2.24, 2.45) is 0 Å². The van der Waals surface area contributed by atoms with Crippen LogP contribution in [0.2, 0.25) is 5.02 Å². The van der Waals surface area contributed by atoms with Crippen molar-refractivity contribution in [2.75, 3.05) is 38.0 Å². The topological polar surface area (TPSA) is 69.7 Å². The van der Waals surface area contributed by atoms with Crippen LogP contribution in [-0.2, 0) is 14.8 Å². The van der Waals surface area contributed by atoms with Crippen LogP contribution < -0.4 is 9.62 Å². The number of amides is 1. The van der Waals surface area contributed by atoms with E-state index < -0.39 is 10.0 Å². The molecule has 0 saturated carbocycles. The first-order valence-corrected chi connectivity index (χ1v) is 10.3. The molecule has 0 bridgehead atoms. The molecule has 27 heavy (non-hydrogen) atoms. The summed E-state index contributed by atoms with van der Waals surface area (Å²) in [6.45, 7) is 2.61. The molecule has 1 amide bonds. The maximum absolute atomic E-state index is 13.2. The van der Waals surface area contributed by atoms with Gasteiger partial charge in [-0.2, -0.15) is 0 Å². The molecule has 1 N–H and O–H groups in total. The van der Waals surface area contributed by atoms with Gasteiger partial charge >= 0.3 is 0 Å². The van der Waals surface area contributed by atoms with Crippen molar-refractivity contribution in [3.05, 3.63) is 59.1 Å². The van der Waals surface area contributed by atoms with Gasteiger partial charge in [0.05, 0.1) is 10.6 Å². The monoisotopic (exact) mass is 409 g/mol. The summed E-state index contributed by atoms with van der Waals surface area (Å²) >= 11 is 5.87. The number of anilines is 1. The van der Waals surface area contributed by atoms with E-state index in [4.69, 9.17) is 11.6 Å². The van der Waals surface area contributed by atoms with Gasteiger partial charge in [0.25, 0.3) is 10.0 Å². The number of carbonyl (C=O) groups excluding carboxylic acids is 1. The predicted octanol–water partition coefficient (Wildman–Crippen LogP) is 2.52. The first kappa shape index (κ1) is 21.2. The van der Waals surface area contributed by atoms with Crippen LogP contribution in [0.1, 0.15) is 5.56 Å². The van der Waals surface area contributed by atoms with Crippen molar-refractivity contribution in [3.8, 4) is 0 Å². The van der Waals surface area contributed by atoms with Gasteiger partial charge < -0.3 is 10.2 Å². The second-order valence-electron chi connectivity index (χ2n) is 6.41. The number of nitrogens with one attached hydrogen (secondary N) is 1. The molecule has 0 aliphatic rings. The third-order valence-corrected chi connectivity index (χ3v) is 5.98. The third-order valence-electron chi connectivity index (χ3n) is 3.95. The molecule has 146 valence electrons. The highest BCUT2D eigenvalue weighted by Gasteiger charge is 2.28. The Morgan fingerprint density at radius 2 is 1.70 bits per heavy atom. The maximum Gasteiger partial charge on any atom is 0.264 e. The fourth-order valence-electron chi connectivity index (χ4n) is 2.48. The number of aryl methyl sites for hydroxylation is 1. The Labute approximate surface area is 165 Å². The predicted molar refractivity (Wildman–Crippen MR) is 109 cm³/mol. The number of likely N-dealkylation sites (N-methyl/N-ethyl adjacent to an activating group) is 1. The molecule has 0 saturated heterocycles. The van der Waals surface area contributed by atoms with E-state index in [9.17, 15) is 13.2 Å². The molecule has 2 aromatic carbocycles. The van der Waals surface area contributed by atoms with Crippen LogP contribution in [0, 0.1) is 6.92 Å². The molecular weight excluding hydrogens is 386 g/mol. The smallest absolute Gasteiger partial charge is 0.264 e. The minimum Gasteiger partial charge on any atom is -0.353 e. The van der Waals surface area contributed by atoms with Crippen molar-refractivity contribution < 1.29 is 13.2 Å². The third kappa shape index (κ3) is 5.69. The summed E-state index contributed by atoms with van der Waals surface area (Å²) in [5, 5.41) is 3.20. The highest BCUT2D eigenvalue weighted by molar-refractivity contribution is 7.92. The first-order chi connectivity index (χ1) is 12.7.